The van der Waals surface area contributed by atoms with Crippen molar-refractivity contribution in [2.24, 2.45) is 0 Å². The van der Waals surface area contributed by atoms with Crippen molar-refractivity contribution in [3.05, 3.63) is 0 Å². The molecule has 0 amide bonds. The molecule has 0 spiro atoms. The van der Waals surface area contributed by atoms with Crippen molar-refractivity contribution < 1.29 is 15.1 Å². The number of rotatable bonds is 0. The highest BCUT2D eigenvalue weighted by Crippen LogP contribution is 1.40. The lowest BCUT2D eigenvalue weighted by Gasteiger charge is -1.69. The second-order valence-electron chi connectivity index (χ2n) is 0.346. The van der Waals surface area contributed by atoms with Gasteiger partial charge in [0.1, 0.15) is 0 Å². The zero-order chi connectivity index (χ0) is 3.58. The Labute approximate surface area is 70.0 Å². The maximum absolute atomic E-state index is 7.17. The maximum Gasteiger partial charge on any atom is 0.631 e. The molecule has 3 N–H and O–H groups in total. The second-order valence-corrected chi connectivity index (χ2v) is 0.346. The van der Waals surface area contributed by atoms with Gasteiger partial charge < -0.3 is 15.1 Å². The summed E-state index contributed by atoms with van der Waals surface area (Å²) in [5.74, 6) is 0. The Morgan fingerprint density at radius 2 is 0.833 bits per heavy atom. The van der Waals surface area contributed by atoms with Crippen LogP contribution in [0.4, 0.5) is 0 Å². The summed E-state index contributed by atoms with van der Waals surface area (Å²) in [6, 6.07) is 0. The van der Waals surface area contributed by atoms with Crippen LogP contribution in [0.15, 0.2) is 0 Å². The fourth-order valence-corrected chi connectivity index (χ4v) is 0. The van der Waals surface area contributed by atoms with E-state index in [4.69, 9.17) is 15.1 Å². The average Bonchev–Trinajstić information content (AvgIpc) is 0.811. The molecule has 0 aliphatic heterocycles. The summed E-state index contributed by atoms with van der Waals surface area (Å²) in [6.45, 7) is 0. The van der Waals surface area contributed by atoms with Crippen molar-refractivity contribution in [3.63, 3.8) is 0 Å². The molecule has 6 heteroatoms. The van der Waals surface area contributed by atoms with E-state index in [2.05, 4.69) is 0 Å². The SMILES string of the molecule is I.I.OB(O)O. The van der Waals surface area contributed by atoms with Gasteiger partial charge in [-0.05, 0) is 0 Å². The molecule has 0 radical (unpaired) electrons. The molecule has 6 heavy (non-hydrogen) atoms. The maximum atomic E-state index is 7.17. The van der Waals surface area contributed by atoms with Crippen LogP contribution >= 0.6 is 48.0 Å². The predicted molar refractivity (Wildman–Crippen MR) is 43.2 cm³/mol. The molecule has 0 saturated carbocycles. The Balaban J connectivity index is -0.0000000450. The lowest BCUT2D eigenvalue weighted by atomic mass is 10.3. The Hall–Kier alpha value is 1.40. The van der Waals surface area contributed by atoms with Gasteiger partial charge in [-0.25, -0.2) is 0 Å². The first-order valence-corrected chi connectivity index (χ1v) is 0.775. The average molecular weight is 318 g/mol. The van der Waals surface area contributed by atoms with Gasteiger partial charge in [0.2, 0.25) is 0 Å². The highest BCUT2D eigenvalue weighted by atomic mass is 127. The van der Waals surface area contributed by atoms with Crippen molar-refractivity contribution in [1.82, 2.24) is 0 Å². The topological polar surface area (TPSA) is 60.7 Å². The minimum Gasteiger partial charge on any atom is -0.402 e. The van der Waals surface area contributed by atoms with Crippen LogP contribution in [0.25, 0.3) is 0 Å². The lowest BCUT2D eigenvalue weighted by Crippen LogP contribution is -2.07. The molecule has 40 valence electrons. The van der Waals surface area contributed by atoms with Gasteiger partial charge >= 0.3 is 7.32 Å². The second kappa shape index (κ2) is 9.64. The van der Waals surface area contributed by atoms with Crippen LogP contribution in [0.3, 0.4) is 0 Å². The molecule has 3 nitrogen and oxygen atoms in total. The summed E-state index contributed by atoms with van der Waals surface area (Å²) in [5, 5.41) is 21.5. The van der Waals surface area contributed by atoms with Crippen molar-refractivity contribution >= 4 is 55.3 Å². The van der Waals surface area contributed by atoms with E-state index in [1.165, 1.54) is 0 Å². The van der Waals surface area contributed by atoms with Crippen LogP contribution < -0.4 is 0 Å². The predicted octanol–water partition coefficient (Wildman–Crippen LogP) is -0.816. The molecular weight excluding hydrogens is 313 g/mol. The molecular formula is H5BI2O3. The number of hydrogen-bond acceptors (Lipinski definition) is 3. The van der Waals surface area contributed by atoms with Crippen molar-refractivity contribution in [2.75, 3.05) is 0 Å². The third-order valence-electron chi connectivity index (χ3n) is 0. The van der Waals surface area contributed by atoms with Gasteiger partial charge in [0.05, 0.1) is 0 Å². The third-order valence-corrected chi connectivity index (χ3v) is 0. The van der Waals surface area contributed by atoms with Gasteiger partial charge in [-0.1, -0.05) is 0 Å². The molecule has 0 bridgehead atoms. The van der Waals surface area contributed by atoms with E-state index in [1.807, 2.05) is 0 Å². The molecule has 0 aliphatic rings. The quantitative estimate of drug-likeness (QED) is 0.404. The van der Waals surface area contributed by atoms with E-state index < -0.39 is 7.32 Å². The van der Waals surface area contributed by atoms with Gasteiger partial charge in [0.25, 0.3) is 0 Å². The highest BCUT2D eigenvalue weighted by molar-refractivity contribution is 14.0. The summed E-state index contributed by atoms with van der Waals surface area (Å²) >= 11 is 0. The van der Waals surface area contributed by atoms with Crippen LogP contribution in [-0.2, 0) is 0 Å². The molecule has 0 rings (SSSR count). The molecule has 0 fully saturated rings. The highest BCUT2D eigenvalue weighted by Gasteiger charge is 1.92. The zero-order valence-corrected chi connectivity index (χ0v) is 7.40. The minimum atomic E-state index is -2.17. The van der Waals surface area contributed by atoms with E-state index in [9.17, 15) is 0 Å². The number of hydrogen-bond donors (Lipinski definition) is 3. The van der Waals surface area contributed by atoms with E-state index >= 15 is 0 Å². The fraction of sp³-hybridized carbons (Fsp3) is 0. The fourth-order valence-electron chi connectivity index (χ4n) is 0. The Morgan fingerprint density at radius 1 is 0.833 bits per heavy atom. The van der Waals surface area contributed by atoms with E-state index in [0.717, 1.165) is 0 Å². The molecule has 0 aromatic heterocycles. The standard InChI is InChI=1S/BH3O3.2HI/c2-1(3)4;;/h2-4H;2*1H. The Bertz CT molecular complexity index is 13.5. The Kier molecular flexibility index (Phi) is 25.2. The molecule has 0 aromatic rings. The van der Waals surface area contributed by atoms with Crippen LogP contribution in [0, 0.1) is 0 Å². The molecule has 0 aromatic carbocycles. The molecule has 0 heterocycles. The van der Waals surface area contributed by atoms with Crippen LogP contribution in [-0.4, -0.2) is 22.4 Å². The summed E-state index contributed by atoms with van der Waals surface area (Å²) in [7, 11) is -2.17. The third kappa shape index (κ3) is 53.1. The molecule has 0 atom stereocenters. The summed E-state index contributed by atoms with van der Waals surface area (Å²) in [4.78, 5) is 0. The van der Waals surface area contributed by atoms with Crippen molar-refractivity contribution in [3.8, 4) is 0 Å². The minimum absolute atomic E-state index is 0. The van der Waals surface area contributed by atoms with Crippen LogP contribution in [0.5, 0.6) is 0 Å². The summed E-state index contributed by atoms with van der Waals surface area (Å²) in [6.07, 6.45) is 0. The van der Waals surface area contributed by atoms with E-state index in [1.54, 1.807) is 0 Å². The summed E-state index contributed by atoms with van der Waals surface area (Å²) < 4.78 is 0. The van der Waals surface area contributed by atoms with Gasteiger partial charge in [-0.2, -0.15) is 0 Å². The van der Waals surface area contributed by atoms with Gasteiger partial charge in [-0.15, -0.1) is 48.0 Å². The Morgan fingerprint density at radius 3 is 0.833 bits per heavy atom. The monoisotopic (exact) mass is 318 g/mol. The summed E-state index contributed by atoms with van der Waals surface area (Å²) in [5.41, 5.74) is 0. The first kappa shape index (κ1) is 15.7. The first-order chi connectivity index (χ1) is 1.73. The largest absolute Gasteiger partial charge is 0.631 e. The molecule has 0 unspecified atom stereocenters. The molecule has 0 saturated heterocycles. The lowest BCUT2D eigenvalue weighted by molar-refractivity contribution is 0.278. The van der Waals surface area contributed by atoms with E-state index in [0.29, 0.717) is 0 Å². The van der Waals surface area contributed by atoms with Crippen molar-refractivity contribution in [1.29, 1.82) is 0 Å². The van der Waals surface area contributed by atoms with Gasteiger partial charge in [-0.3, -0.25) is 0 Å². The first-order valence-electron chi connectivity index (χ1n) is 0.775. The van der Waals surface area contributed by atoms with E-state index in [-0.39, 0.29) is 48.0 Å². The smallest absolute Gasteiger partial charge is 0.402 e. The van der Waals surface area contributed by atoms with Crippen LogP contribution in [0.2, 0.25) is 0 Å². The normalized spacial score (nSPS) is 4.50. The van der Waals surface area contributed by atoms with Crippen LogP contribution in [0.1, 0.15) is 0 Å². The van der Waals surface area contributed by atoms with Gasteiger partial charge in [0.15, 0.2) is 0 Å². The molecule has 0 aliphatic carbocycles. The van der Waals surface area contributed by atoms with Gasteiger partial charge in [0, 0.05) is 0 Å². The zero-order valence-electron chi connectivity index (χ0n) is 2.74. The van der Waals surface area contributed by atoms with Crippen molar-refractivity contribution in [2.45, 2.75) is 0 Å². The number of halogens is 2.